The number of aryl methyl sites for hydroxylation is 1. The third-order valence-corrected chi connectivity index (χ3v) is 6.93. The van der Waals surface area contributed by atoms with Crippen molar-refractivity contribution in [1.29, 1.82) is 0 Å². The quantitative estimate of drug-likeness (QED) is 0.556. The molecule has 0 radical (unpaired) electrons. The molecule has 7 nitrogen and oxygen atoms in total. The van der Waals surface area contributed by atoms with Crippen molar-refractivity contribution < 1.29 is 19.0 Å². The van der Waals surface area contributed by atoms with Crippen LogP contribution in [0.1, 0.15) is 74.9 Å². The molecular formula is C25H33N3O4. The van der Waals surface area contributed by atoms with Gasteiger partial charge in [0.25, 0.3) is 0 Å². The fourth-order valence-electron chi connectivity index (χ4n) is 4.73. The highest BCUT2D eigenvalue weighted by Gasteiger charge is 2.52. The normalized spacial score (nSPS) is 26.9. The van der Waals surface area contributed by atoms with E-state index in [9.17, 15) is 4.79 Å². The lowest BCUT2D eigenvalue weighted by Gasteiger charge is -2.28. The van der Waals surface area contributed by atoms with Gasteiger partial charge < -0.3 is 14.2 Å². The Labute approximate surface area is 189 Å². The van der Waals surface area contributed by atoms with Crippen LogP contribution in [0.3, 0.4) is 0 Å². The van der Waals surface area contributed by atoms with Crippen LogP contribution in [0.2, 0.25) is 0 Å². The summed E-state index contributed by atoms with van der Waals surface area (Å²) in [6.07, 6.45) is 8.22. The third-order valence-electron chi connectivity index (χ3n) is 6.93. The zero-order chi connectivity index (χ0) is 22.7. The van der Waals surface area contributed by atoms with E-state index in [1.54, 1.807) is 13.3 Å². The standard InChI is InChI=1S/C25H33N3O4/c1-5-31-24(29)18-8-6-17(7-9-18)20-14-26-16(2)28-23(20)32-15-25(3)12-21(25)22-11-10-19(30-4)13-27-22/h10-11,13-14,17-18,21H,5-9,12,15H2,1-4H3. The van der Waals surface area contributed by atoms with E-state index in [4.69, 9.17) is 14.2 Å². The predicted octanol–water partition coefficient (Wildman–Crippen LogP) is 4.60. The number of pyridine rings is 1. The molecule has 7 heteroatoms. The van der Waals surface area contributed by atoms with Crippen LogP contribution in [-0.2, 0) is 9.53 Å². The average Bonchev–Trinajstić information content (AvgIpc) is 3.49. The van der Waals surface area contributed by atoms with Crippen LogP contribution in [0.25, 0.3) is 0 Å². The lowest BCUT2D eigenvalue weighted by atomic mass is 9.79. The van der Waals surface area contributed by atoms with E-state index in [1.165, 1.54) is 0 Å². The van der Waals surface area contributed by atoms with Crippen molar-refractivity contribution in [2.75, 3.05) is 20.3 Å². The van der Waals surface area contributed by atoms with E-state index >= 15 is 0 Å². The number of hydrogen-bond donors (Lipinski definition) is 0. The number of esters is 1. The van der Waals surface area contributed by atoms with Crippen molar-refractivity contribution in [3.8, 4) is 11.6 Å². The number of rotatable bonds is 8. The zero-order valence-electron chi connectivity index (χ0n) is 19.5. The highest BCUT2D eigenvalue weighted by molar-refractivity contribution is 5.72. The molecule has 0 N–H and O–H groups in total. The zero-order valence-corrected chi connectivity index (χ0v) is 19.5. The second-order valence-electron chi connectivity index (χ2n) is 9.30. The molecule has 4 rings (SSSR count). The summed E-state index contributed by atoms with van der Waals surface area (Å²) in [7, 11) is 1.65. The van der Waals surface area contributed by atoms with Crippen LogP contribution in [0, 0.1) is 18.3 Å². The number of aromatic nitrogens is 3. The molecule has 0 amide bonds. The number of nitrogens with zero attached hydrogens (tertiary/aromatic N) is 3. The summed E-state index contributed by atoms with van der Waals surface area (Å²) in [4.78, 5) is 25.7. The summed E-state index contributed by atoms with van der Waals surface area (Å²) in [5.41, 5.74) is 2.17. The molecule has 2 saturated carbocycles. The van der Waals surface area contributed by atoms with Crippen LogP contribution >= 0.6 is 0 Å². The molecule has 0 bridgehead atoms. The molecule has 2 aliphatic rings. The Kier molecular flexibility index (Phi) is 6.63. The summed E-state index contributed by atoms with van der Waals surface area (Å²) >= 11 is 0. The summed E-state index contributed by atoms with van der Waals surface area (Å²) in [6, 6.07) is 4.00. The van der Waals surface area contributed by atoms with Crippen LogP contribution < -0.4 is 9.47 Å². The first-order valence-corrected chi connectivity index (χ1v) is 11.6. The van der Waals surface area contributed by atoms with Crippen LogP contribution in [0.4, 0.5) is 0 Å². The van der Waals surface area contributed by atoms with Gasteiger partial charge in [-0.3, -0.25) is 9.78 Å². The molecule has 2 fully saturated rings. The maximum atomic E-state index is 12.1. The fourth-order valence-corrected chi connectivity index (χ4v) is 4.73. The van der Waals surface area contributed by atoms with Gasteiger partial charge in [-0.25, -0.2) is 4.98 Å². The van der Waals surface area contributed by atoms with Crippen molar-refractivity contribution in [3.05, 3.63) is 41.6 Å². The van der Waals surface area contributed by atoms with Crippen LogP contribution in [-0.4, -0.2) is 41.2 Å². The molecule has 2 atom stereocenters. The molecule has 2 aliphatic carbocycles. The maximum Gasteiger partial charge on any atom is 0.308 e. The number of ether oxygens (including phenoxy) is 3. The third kappa shape index (κ3) is 4.87. The minimum absolute atomic E-state index is 0.00469. The van der Waals surface area contributed by atoms with Gasteiger partial charge in [0.05, 0.1) is 32.4 Å². The molecule has 2 aromatic rings. The molecule has 2 heterocycles. The Morgan fingerprint density at radius 3 is 2.59 bits per heavy atom. The lowest BCUT2D eigenvalue weighted by molar-refractivity contribution is -0.149. The largest absolute Gasteiger partial charge is 0.495 e. The Morgan fingerprint density at radius 1 is 1.16 bits per heavy atom. The Bertz CT molecular complexity index is 941. The predicted molar refractivity (Wildman–Crippen MR) is 120 cm³/mol. The van der Waals surface area contributed by atoms with E-state index in [2.05, 4.69) is 21.9 Å². The Balaban J connectivity index is 1.39. The van der Waals surface area contributed by atoms with E-state index in [0.717, 1.165) is 49.1 Å². The SMILES string of the molecule is CCOC(=O)C1CCC(c2cnc(C)nc2OCC2(C)CC2c2ccc(OC)cn2)CC1. The first kappa shape index (κ1) is 22.5. The van der Waals surface area contributed by atoms with Gasteiger partial charge in [0, 0.05) is 28.8 Å². The number of carbonyl (C=O) groups excluding carboxylic acids is 1. The molecule has 0 saturated heterocycles. The van der Waals surface area contributed by atoms with Crippen molar-refractivity contribution in [2.24, 2.45) is 11.3 Å². The fraction of sp³-hybridized carbons (Fsp3) is 0.600. The molecular weight excluding hydrogens is 406 g/mol. The Morgan fingerprint density at radius 2 is 1.94 bits per heavy atom. The monoisotopic (exact) mass is 439 g/mol. The van der Waals surface area contributed by atoms with Gasteiger partial charge in [0.15, 0.2) is 0 Å². The van der Waals surface area contributed by atoms with Crippen LogP contribution in [0.15, 0.2) is 24.5 Å². The van der Waals surface area contributed by atoms with Gasteiger partial charge in [-0.05, 0) is 64.0 Å². The molecule has 32 heavy (non-hydrogen) atoms. The summed E-state index contributed by atoms with van der Waals surface area (Å²) in [6.45, 7) is 7.01. The molecule has 0 spiro atoms. The molecule has 0 aromatic carbocycles. The first-order chi connectivity index (χ1) is 15.4. The average molecular weight is 440 g/mol. The maximum absolute atomic E-state index is 12.1. The number of carbonyl (C=O) groups is 1. The lowest BCUT2D eigenvalue weighted by Crippen LogP contribution is -2.24. The molecule has 172 valence electrons. The summed E-state index contributed by atoms with van der Waals surface area (Å²) < 4.78 is 16.7. The van der Waals surface area contributed by atoms with Crippen molar-refractivity contribution in [1.82, 2.24) is 15.0 Å². The summed E-state index contributed by atoms with van der Waals surface area (Å²) in [5, 5.41) is 0. The second-order valence-corrected chi connectivity index (χ2v) is 9.30. The molecule has 0 aliphatic heterocycles. The van der Waals surface area contributed by atoms with E-state index < -0.39 is 0 Å². The smallest absolute Gasteiger partial charge is 0.308 e. The van der Waals surface area contributed by atoms with Crippen molar-refractivity contribution in [3.63, 3.8) is 0 Å². The van der Waals surface area contributed by atoms with Gasteiger partial charge >= 0.3 is 5.97 Å². The van der Waals surface area contributed by atoms with Gasteiger partial charge in [-0.1, -0.05) is 6.92 Å². The van der Waals surface area contributed by atoms with Crippen LogP contribution in [0.5, 0.6) is 11.6 Å². The highest BCUT2D eigenvalue weighted by Crippen LogP contribution is 2.58. The first-order valence-electron chi connectivity index (χ1n) is 11.6. The number of hydrogen-bond acceptors (Lipinski definition) is 7. The van der Waals surface area contributed by atoms with Gasteiger partial charge in [0.2, 0.25) is 5.88 Å². The number of methoxy groups -OCH3 is 1. The molecule has 2 aromatic heterocycles. The minimum Gasteiger partial charge on any atom is -0.495 e. The van der Waals surface area contributed by atoms with Gasteiger partial charge in [0.1, 0.15) is 11.6 Å². The second kappa shape index (κ2) is 9.43. The summed E-state index contributed by atoms with van der Waals surface area (Å²) in [5.74, 6) is 2.78. The van der Waals surface area contributed by atoms with Crippen molar-refractivity contribution in [2.45, 2.75) is 64.7 Å². The van der Waals surface area contributed by atoms with Gasteiger partial charge in [-0.2, -0.15) is 4.98 Å². The topological polar surface area (TPSA) is 83.4 Å². The van der Waals surface area contributed by atoms with E-state index in [-0.39, 0.29) is 17.3 Å². The minimum atomic E-state index is -0.0672. The molecule has 2 unspecified atom stereocenters. The van der Waals surface area contributed by atoms with Gasteiger partial charge in [-0.15, -0.1) is 0 Å². The highest BCUT2D eigenvalue weighted by atomic mass is 16.5. The van der Waals surface area contributed by atoms with E-state index in [0.29, 0.717) is 36.8 Å². The Hall–Kier alpha value is -2.70. The van der Waals surface area contributed by atoms with Crippen molar-refractivity contribution >= 4 is 5.97 Å². The van der Waals surface area contributed by atoms with E-state index in [1.807, 2.05) is 32.2 Å².